The number of aliphatic imine (C=N–C) groups is 1. The van der Waals surface area contributed by atoms with Crippen molar-refractivity contribution in [3.05, 3.63) is 93.5 Å². The summed E-state index contributed by atoms with van der Waals surface area (Å²) in [4.78, 5) is 53.4. The number of amides is 2. The number of ether oxygens (including phenoxy) is 1. The van der Waals surface area contributed by atoms with Crippen LogP contribution >= 0.6 is 23.2 Å². The summed E-state index contributed by atoms with van der Waals surface area (Å²) in [5.74, 6) is -3.70. The molecule has 0 saturated heterocycles. The Morgan fingerprint density at radius 2 is 1.64 bits per heavy atom. The van der Waals surface area contributed by atoms with Crippen molar-refractivity contribution in [3.63, 3.8) is 0 Å². The second kappa shape index (κ2) is 13.3. The molecule has 0 spiro atoms. The van der Waals surface area contributed by atoms with E-state index in [0.29, 0.717) is 5.69 Å². The van der Waals surface area contributed by atoms with Crippen LogP contribution in [-0.2, 0) is 9.59 Å². The van der Waals surface area contributed by atoms with Crippen molar-refractivity contribution in [1.82, 2.24) is 10.6 Å². The van der Waals surface area contributed by atoms with E-state index in [1.807, 2.05) is 0 Å². The number of nitrogens with zero attached hydrogens (tertiary/aromatic N) is 1. The minimum atomic E-state index is -1.27. The molecule has 0 heterocycles. The Morgan fingerprint density at radius 1 is 0.949 bits per heavy atom. The van der Waals surface area contributed by atoms with E-state index in [9.17, 15) is 24.3 Å². The van der Waals surface area contributed by atoms with Crippen molar-refractivity contribution < 1.29 is 29.0 Å². The summed E-state index contributed by atoms with van der Waals surface area (Å²) >= 11 is 12.4. The number of carbonyl (C=O) groups is 4. The largest absolute Gasteiger partial charge is 0.481 e. The van der Waals surface area contributed by atoms with Gasteiger partial charge in [0.25, 0.3) is 5.91 Å². The molecule has 0 bridgehead atoms. The Hall–Kier alpha value is -4.61. The highest BCUT2D eigenvalue weighted by atomic mass is 35.5. The van der Waals surface area contributed by atoms with Crippen molar-refractivity contribution in [2.75, 3.05) is 6.54 Å². The fourth-order valence-electron chi connectivity index (χ4n) is 3.46. The van der Waals surface area contributed by atoms with Gasteiger partial charge in [0.1, 0.15) is 0 Å². The number of benzene rings is 3. The Kier molecular flexibility index (Phi) is 9.85. The monoisotopic (exact) mass is 571 g/mol. The quantitative estimate of drug-likeness (QED) is 0.106. The van der Waals surface area contributed by atoms with Gasteiger partial charge >= 0.3 is 11.9 Å². The molecule has 202 valence electrons. The van der Waals surface area contributed by atoms with Crippen LogP contribution in [0.4, 0.5) is 5.69 Å². The van der Waals surface area contributed by atoms with Gasteiger partial charge in [-0.05, 0) is 42.5 Å². The van der Waals surface area contributed by atoms with Crippen LogP contribution in [0.1, 0.15) is 38.7 Å². The summed E-state index contributed by atoms with van der Waals surface area (Å²) < 4.78 is 5.48. The lowest BCUT2D eigenvalue weighted by Crippen LogP contribution is -2.39. The lowest BCUT2D eigenvalue weighted by molar-refractivity contribution is -0.137. The number of hydrogen-bond donors (Lipinski definition) is 5. The zero-order chi connectivity index (χ0) is 28.5. The first-order chi connectivity index (χ1) is 18.5. The molecular weight excluding hydrogens is 549 g/mol. The molecule has 0 radical (unpaired) electrons. The van der Waals surface area contributed by atoms with E-state index in [2.05, 4.69) is 15.6 Å². The van der Waals surface area contributed by atoms with Crippen LogP contribution in [-0.4, -0.2) is 41.4 Å². The van der Waals surface area contributed by atoms with E-state index in [0.717, 1.165) is 0 Å². The number of carboxylic acids is 1. The van der Waals surface area contributed by atoms with Crippen LogP contribution in [0.25, 0.3) is 0 Å². The maximum absolute atomic E-state index is 12.7. The Labute approximate surface area is 232 Å². The number of nitrogens with one attached hydrogen (secondary N) is 2. The van der Waals surface area contributed by atoms with Crippen molar-refractivity contribution in [2.45, 2.75) is 12.5 Å². The van der Waals surface area contributed by atoms with Crippen molar-refractivity contribution in [3.8, 4) is 5.75 Å². The smallest absolute Gasteiger partial charge is 0.343 e. The molecule has 0 saturated carbocycles. The molecule has 0 aromatic heterocycles. The first kappa shape index (κ1) is 29.0. The average Bonchev–Trinajstić information content (AvgIpc) is 2.88. The fourth-order valence-corrected chi connectivity index (χ4v) is 4.01. The SMILES string of the molecule is NC(N)=Nc1cccc(C(=O)NCC(=O)NC(CC(=O)O)c2cc(Cl)cc(Cl)c2OC(=O)c2ccccc2)c1. The average molecular weight is 572 g/mol. The van der Waals surface area contributed by atoms with Gasteiger partial charge in [0, 0.05) is 16.1 Å². The van der Waals surface area contributed by atoms with Crippen LogP contribution < -0.4 is 26.8 Å². The minimum Gasteiger partial charge on any atom is -0.481 e. The number of carbonyl (C=O) groups excluding carboxylic acids is 3. The van der Waals surface area contributed by atoms with E-state index < -0.39 is 42.8 Å². The minimum absolute atomic E-state index is 0.0591. The Balaban J connectivity index is 1.79. The zero-order valence-corrected chi connectivity index (χ0v) is 21.7. The summed E-state index contributed by atoms with van der Waals surface area (Å²) in [6.07, 6.45) is -0.604. The van der Waals surface area contributed by atoms with Gasteiger partial charge in [-0.25, -0.2) is 9.79 Å². The molecule has 0 aliphatic carbocycles. The molecule has 0 aliphatic rings. The molecule has 11 nitrogen and oxygen atoms in total. The van der Waals surface area contributed by atoms with Gasteiger partial charge in [-0.1, -0.05) is 47.5 Å². The summed E-state index contributed by atoms with van der Waals surface area (Å²) in [7, 11) is 0. The third kappa shape index (κ3) is 8.45. The molecule has 39 heavy (non-hydrogen) atoms. The molecule has 13 heteroatoms. The van der Waals surface area contributed by atoms with Crippen molar-refractivity contribution in [2.24, 2.45) is 16.5 Å². The molecule has 7 N–H and O–H groups in total. The normalized spacial score (nSPS) is 11.1. The van der Waals surface area contributed by atoms with E-state index in [1.54, 1.807) is 30.3 Å². The molecule has 1 atom stereocenters. The van der Waals surface area contributed by atoms with Gasteiger partial charge in [0.15, 0.2) is 11.7 Å². The van der Waals surface area contributed by atoms with Gasteiger partial charge in [-0.2, -0.15) is 0 Å². The lowest BCUT2D eigenvalue weighted by Gasteiger charge is -2.21. The number of halogens is 2. The number of carboxylic acid groups (broad SMARTS) is 1. The molecule has 0 aliphatic heterocycles. The fraction of sp³-hybridized carbons (Fsp3) is 0.115. The molecule has 3 aromatic rings. The Bertz CT molecular complexity index is 1430. The van der Waals surface area contributed by atoms with Crippen molar-refractivity contribution in [1.29, 1.82) is 0 Å². The van der Waals surface area contributed by atoms with E-state index in [4.69, 9.17) is 39.4 Å². The maximum atomic E-state index is 12.7. The first-order valence-corrected chi connectivity index (χ1v) is 12.0. The number of guanidine groups is 1. The third-order valence-electron chi connectivity index (χ3n) is 5.11. The predicted octanol–water partition coefficient (Wildman–Crippen LogP) is 3.18. The lowest BCUT2D eigenvalue weighted by atomic mass is 10.0. The van der Waals surface area contributed by atoms with Crippen LogP contribution in [0, 0.1) is 0 Å². The molecular formula is C26H23Cl2N5O6. The van der Waals surface area contributed by atoms with Crippen LogP contribution in [0.2, 0.25) is 10.0 Å². The number of nitrogens with two attached hydrogens (primary N) is 2. The molecule has 3 rings (SSSR count). The third-order valence-corrected chi connectivity index (χ3v) is 5.61. The number of aliphatic carboxylic acids is 1. The molecule has 1 unspecified atom stereocenters. The summed E-state index contributed by atoms with van der Waals surface area (Å²) in [5, 5.41) is 14.5. The van der Waals surface area contributed by atoms with E-state index >= 15 is 0 Å². The van der Waals surface area contributed by atoms with Gasteiger partial charge in [0.2, 0.25) is 5.91 Å². The zero-order valence-electron chi connectivity index (χ0n) is 20.2. The highest BCUT2D eigenvalue weighted by molar-refractivity contribution is 6.35. The van der Waals surface area contributed by atoms with Crippen LogP contribution in [0.5, 0.6) is 5.75 Å². The summed E-state index contributed by atoms with van der Waals surface area (Å²) in [6, 6.07) is 15.5. The van der Waals surface area contributed by atoms with Gasteiger partial charge < -0.3 is 31.9 Å². The number of esters is 1. The molecule has 0 fully saturated rings. The predicted molar refractivity (Wildman–Crippen MR) is 145 cm³/mol. The summed E-state index contributed by atoms with van der Waals surface area (Å²) in [6.45, 7) is -0.505. The van der Waals surface area contributed by atoms with Crippen LogP contribution in [0.15, 0.2) is 71.7 Å². The second-order valence-electron chi connectivity index (χ2n) is 8.05. The second-order valence-corrected chi connectivity index (χ2v) is 8.89. The van der Waals surface area contributed by atoms with Gasteiger partial charge in [-0.15, -0.1) is 0 Å². The Morgan fingerprint density at radius 3 is 2.31 bits per heavy atom. The van der Waals surface area contributed by atoms with E-state index in [1.165, 1.54) is 36.4 Å². The van der Waals surface area contributed by atoms with Gasteiger partial charge in [-0.3, -0.25) is 14.4 Å². The first-order valence-electron chi connectivity index (χ1n) is 11.3. The highest BCUT2D eigenvalue weighted by Crippen LogP contribution is 2.37. The van der Waals surface area contributed by atoms with E-state index in [-0.39, 0.29) is 38.4 Å². The van der Waals surface area contributed by atoms with Gasteiger partial charge in [0.05, 0.1) is 35.3 Å². The van der Waals surface area contributed by atoms with Crippen LogP contribution in [0.3, 0.4) is 0 Å². The molecule has 2 amide bonds. The standard InChI is InChI=1S/C26H23Cl2N5O6/c27-16-10-18(23(19(28)11-16)39-25(38)14-5-2-1-3-6-14)20(12-22(35)36)33-21(34)13-31-24(37)15-7-4-8-17(9-15)32-26(29)30/h1-11,20H,12-13H2,(H,31,37)(H,33,34)(H,35,36)(H4,29,30,32). The number of hydrogen-bond acceptors (Lipinski definition) is 6. The maximum Gasteiger partial charge on any atom is 0.343 e. The summed E-state index contributed by atoms with van der Waals surface area (Å²) in [5.41, 5.74) is 11.5. The molecule has 3 aromatic carbocycles. The highest BCUT2D eigenvalue weighted by Gasteiger charge is 2.26. The van der Waals surface area contributed by atoms with Crippen molar-refractivity contribution >= 4 is 58.6 Å². The topological polar surface area (TPSA) is 186 Å². The number of rotatable bonds is 10.